The zero-order chi connectivity index (χ0) is 28.8. The van der Waals surface area contributed by atoms with E-state index in [0.717, 1.165) is 18.8 Å². The number of hydrogen-bond donors (Lipinski definition) is 1. The minimum atomic E-state index is -1.19. The first-order valence-corrected chi connectivity index (χ1v) is 13.5. The van der Waals surface area contributed by atoms with Crippen molar-refractivity contribution in [2.24, 2.45) is 0 Å². The van der Waals surface area contributed by atoms with Gasteiger partial charge in [-0.2, -0.15) is 0 Å². The van der Waals surface area contributed by atoms with Crippen LogP contribution >= 0.6 is 0 Å². The van der Waals surface area contributed by atoms with Gasteiger partial charge in [0.1, 0.15) is 11.4 Å². The second-order valence-corrected chi connectivity index (χ2v) is 9.41. The summed E-state index contributed by atoms with van der Waals surface area (Å²) < 4.78 is 7.93. The van der Waals surface area contributed by atoms with Crippen molar-refractivity contribution in [3.63, 3.8) is 0 Å². The van der Waals surface area contributed by atoms with E-state index in [4.69, 9.17) is 4.74 Å². The Hall–Kier alpha value is -4.65. The number of carbonyl (C=O) groups excluding carboxylic acids is 1. The summed E-state index contributed by atoms with van der Waals surface area (Å²) in [6, 6.07) is 22.4. The van der Waals surface area contributed by atoms with E-state index in [1.807, 2.05) is 19.1 Å². The molecule has 0 atom stereocenters. The molecule has 40 heavy (non-hydrogen) atoms. The normalized spacial score (nSPS) is 10.7. The molecule has 0 saturated heterocycles. The molecule has 0 bridgehead atoms. The summed E-state index contributed by atoms with van der Waals surface area (Å²) in [7, 11) is 0. The van der Waals surface area contributed by atoms with Crippen molar-refractivity contribution in [2.45, 2.75) is 34.6 Å². The van der Waals surface area contributed by atoms with Gasteiger partial charge in [-0.05, 0) is 82.6 Å². The maximum absolute atomic E-state index is 13.3. The van der Waals surface area contributed by atoms with Crippen LogP contribution in [0.4, 0.5) is 5.69 Å². The van der Waals surface area contributed by atoms with Gasteiger partial charge in [-0.15, -0.1) is 0 Å². The summed E-state index contributed by atoms with van der Waals surface area (Å²) in [6.07, 6.45) is 2.09. The summed E-state index contributed by atoms with van der Waals surface area (Å²) in [5.41, 5.74) is 5.57. The monoisotopic (exact) mass is 537 g/mol. The Morgan fingerprint density at radius 3 is 2.30 bits per heavy atom. The third-order valence-electron chi connectivity index (χ3n) is 7.00. The minimum Gasteiger partial charge on any atom is -0.493 e. The number of carboxylic acids is 1. The highest BCUT2D eigenvalue weighted by atomic mass is 16.5. The lowest BCUT2D eigenvalue weighted by atomic mass is 10.0. The first-order chi connectivity index (χ1) is 19.3. The largest absolute Gasteiger partial charge is 0.493 e. The van der Waals surface area contributed by atoms with Crippen LogP contribution in [0.1, 0.15) is 58.4 Å². The van der Waals surface area contributed by atoms with Crippen molar-refractivity contribution in [1.29, 1.82) is 0 Å². The van der Waals surface area contributed by atoms with E-state index in [-0.39, 0.29) is 11.3 Å². The molecule has 1 N–H and O–H groups in total. The molecule has 0 radical (unpaired) electrons. The SMILES string of the molecule is CCOc1cc(N(CC)CC)ccc1C(=O)c1nc2ccccc2cc1C(=O)O.Cc1cc2ccccn2c1C. The van der Waals surface area contributed by atoms with Gasteiger partial charge in [0.2, 0.25) is 5.78 Å². The Kier molecular flexibility index (Phi) is 8.84. The molecular weight excluding hydrogens is 502 g/mol. The fraction of sp³-hybridized carbons (Fsp3) is 0.242. The average Bonchev–Trinajstić information content (AvgIpc) is 3.26. The summed E-state index contributed by atoms with van der Waals surface area (Å²) >= 11 is 0. The molecule has 0 aliphatic rings. The molecule has 3 heterocycles. The number of ether oxygens (including phenoxy) is 1. The molecule has 5 aromatic rings. The van der Waals surface area contributed by atoms with Crippen molar-refractivity contribution in [3.8, 4) is 5.75 Å². The number of rotatable bonds is 8. The standard InChI is InChI=1S/C23H24N2O4.C10H11N/c1-4-25(5-2)16-11-12-17(20(14-16)29-6-3)22(26)21-18(23(27)28)13-15-9-7-8-10-19(15)24-21;1-8-7-10-5-3-4-6-11(10)9(8)2/h7-14H,4-6H2,1-3H3,(H,27,28);3-7H,1-2H3. The number of aryl methyl sites for hydroxylation is 2. The molecule has 206 valence electrons. The van der Waals surface area contributed by atoms with Gasteiger partial charge in [0, 0.05) is 47.6 Å². The first-order valence-electron chi connectivity index (χ1n) is 13.5. The van der Waals surface area contributed by atoms with Crippen LogP contribution in [0, 0.1) is 13.8 Å². The smallest absolute Gasteiger partial charge is 0.338 e. The first kappa shape index (κ1) is 28.4. The number of ketones is 1. The van der Waals surface area contributed by atoms with E-state index < -0.39 is 11.8 Å². The fourth-order valence-corrected chi connectivity index (χ4v) is 4.73. The van der Waals surface area contributed by atoms with Crippen LogP contribution in [0.3, 0.4) is 0 Å². The maximum atomic E-state index is 13.3. The molecule has 0 fully saturated rings. The Morgan fingerprint density at radius 1 is 0.900 bits per heavy atom. The summed E-state index contributed by atoms with van der Waals surface area (Å²) in [5, 5.41) is 10.3. The number of aromatic carboxylic acids is 1. The van der Waals surface area contributed by atoms with Crippen LogP contribution in [0.25, 0.3) is 16.4 Å². The van der Waals surface area contributed by atoms with Crippen molar-refractivity contribution in [1.82, 2.24) is 9.38 Å². The Morgan fingerprint density at radius 2 is 1.62 bits per heavy atom. The van der Waals surface area contributed by atoms with Crippen molar-refractivity contribution in [2.75, 3.05) is 24.6 Å². The predicted octanol–water partition coefficient (Wildman–Crippen LogP) is 6.97. The molecule has 0 spiro atoms. The maximum Gasteiger partial charge on any atom is 0.338 e. The lowest BCUT2D eigenvalue weighted by Crippen LogP contribution is -2.22. The van der Waals surface area contributed by atoms with Gasteiger partial charge in [-0.3, -0.25) is 4.79 Å². The van der Waals surface area contributed by atoms with Gasteiger partial charge in [0.25, 0.3) is 0 Å². The highest BCUT2D eigenvalue weighted by Crippen LogP contribution is 2.29. The zero-order valence-electron chi connectivity index (χ0n) is 23.6. The van der Waals surface area contributed by atoms with E-state index in [1.54, 1.807) is 30.3 Å². The second kappa shape index (κ2) is 12.5. The molecule has 7 heteroatoms. The van der Waals surface area contributed by atoms with Crippen molar-refractivity contribution >= 4 is 33.9 Å². The number of anilines is 1. The molecular formula is C33H35N3O4. The van der Waals surface area contributed by atoms with Crippen LogP contribution in [-0.2, 0) is 0 Å². The fourth-order valence-electron chi connectivity index (χ4n) is 4.73. The van der Waals surface area contributed by atoms with Crippen LogP contribution < -0.4 is 9.64 Å². The molecule has 2 aromatic carbocycles. The highest BCUT2D eigenvalue weighted by Gasteiger charge is 2.24. The average molecular weight is 538 g/mol. The molecule has 0 unspecified atom stereocenters. The molecule has 3 aromatic heterocycles. The van der Waals surface area contributed by atoms with E-state index in [1.165, 1.54) is 22.8 Å². The van der Waals surface area contributed by atoms with Crippen LogP contribution in [0.2, 0.25) is 0 Å². The summed E-state index contributed by atoms with van der Waals surface area (Å²) in [6.45, 7) is 12.3. The minimum absolute atomic E-state index is 0.0901. The quantitative estimate of drug-likeness (QED) is 0.215. The molecule has 0 saturated carbocycles. The number of pyridine rings is 2. The Labute approximate surface area is 234 Å². The van der Waals surface area contributed by atoms with Gasteiger partial charge in [0.15, 0.2) is 0 Å². The molecule has 0 amide bonds. The number of fused-ring (bicyclic) bond motifs is 2. The summed E-state index contributed by atoms with van der Waals surface area (Å²) in [4.78, 5) is 31.6. The molecule has 0 aliphatic heterocycles. The van der Waals surface area contributed by atoms with Gasteiger partial charge in [0.05, 0.1) is 23.3 Å². The van der Waals surface area contributed by atoms with Gasteiger partial charge in [-0.25, -0.2) is 9.78 Å². The van der Waals surface area contributed by atoms with E-state index in [0.29, 0.717) is 28.8 Å². The van der Waals surface area contributed by atoms with Gasteiger partial charge < -0.3 is 19.1 Å². The number of aromatic nitrogens is 2. The number of nitrogens with zero attached hydrogens (tertiary/aromatic N) is 3. The Bertz CT molecular complexity index is 1670. The second-order valence-electron chi connectivity index (χ2n) is 9.41. The third kappa shape index (κ3) is 5.83. The number of para-hydroxylation sites is 1. The van der Waals surface area contributed by atoms with Crippen molar-refractivity contribution in [3.05, 3.63) is 107 Å². The van der Waals surface area contributed by atoms with E-state index in [2.05, 4.69) is 72.4 Å². The molecule has 5 rings (SSSR count). The predicted molar refractivity (Wildman–Crippen MR) is 160 cm³/mol. The number of carboxylic acid groups (broad SMARTS) is 1. The number of hydrogen-bond acceptors (Lipinski definition) is 5. The number of carbonyl (C=O) groups is 2. The highest BCUT2D eigenvalue weighted by molar-refractivity contribution is 6.15. The zero-order valence-corrected chi connectivity index (χ0v) is 23.6. The Balaban J connectivity index is 0.000000278. The van der Waals surface area contributed by atoms with Crippen LogP contribution in [-0.4, -0.2) is 45.9 Å². The van der Waals surface area contributed by atoms with Crippen molar-refractivity contribution < 1.29 is 19.4 Å². The van der Waals surface area contributed by atoms with E-state index in [9.17, 15) is 14.7 Å². The van der Waals surface area contributed by atoms with Crippen LogP contribution in [0.5, 0.6) is 5.75 Å². The molecule has 7 nitrogen and oxygen atoms in total. The summed E-state index contributed by atoms with van der Waals surface area (Å²) in [5.74, 6) is -1.24. The lowest BCUT2D eigenvalue weighted by molar-refractivity contribution is 0.0692. The number of benzene rings is 2. The van der Waals surface area contributed by atoms with E-state index >= 15 is 0 Å². The third-order valence-corrected chi connectivity index (χ3v) is 7.00. The molecule has 0 aliphatic carbocycles. The van der Waals surface area contributed by atoms with Crippen LogP contribution in [0.15, 0.2) is 79.0 Å². The topological polar surface area (TPSA) is 84.1 Å². The van der Waals surface area contributed by atoms with Gasteiger partial charge in [-0.1, -0.05) is 24.3 Å². The lowest BCUT2D eigenvalue weighted by Gasteiger charge is -2.22. The van der Waals surface area contributed by atoms with Gasteiger partial charge >= 0.3 is 5.97 Å².